The van der Waals surface area contributed by atoms with Crippen molar-refractivity contribution in [2.24, 2.45) is 0 Å². The van der Waals surface area contributed by atoms with Crippen LogP contribution in [-0.4, -0.2) is 47.7 Å². The van der Waals surface area contributed by atoms with E-state index in [0.717, 1.165) is 45.4 Å². The van der Waals surface area contributed by atoms with Gasteiger partial charge in [0.25, 0.3) is 0 Å². The van der Waals surface area contributed by atoms with Crippen molar-refractivity contribution in [1.29, 1.82) is 0 Å². The number of fused-ring (bicyclic) bond motifs is 1. The summed E-state index contributed by atoms with van der Waals surface area (Å²) in [5.41, 5.74) is 1.82. The molecule has 1 aliphatic heterocycles. The first-order valence-electron chi connectivity index (χ1n) is 7.48. The molecule has 108 valence electrons. The van der Waals surface area contributed by atoms with Gasteiger partial charge in [0.2, 0.25) is 0 Å². The molecule has 0 spiro atoms. The average molecular weight is 274 g/mol. The van der Waals surface area contributed by atoms with E-state index < -0.39 is 11.5 Å². The van der Waals surface area contributed by atoms with E-state index in [1.807, 2.05) is 12.1 Å². The fourth-order valence-corrected chi connectivity index (χ4v) is 3.58. The second kappa shape index (κ2) is 5.54. The van der Waals surface area contributed by atoms with Crippen LogP contribution in [-0.2, 0) is 17.6 Å². The number of carboxylic acids is 1. The molecule has 1 unspecified atom stereocenters. The van der Waals surface area contributed by atoms with E-state index in [1.54, 1.807) is 0 Å². The Hall–Kier alpha value is -1.39. The van der Waals surface area contributed by atoms with Gasteiger partial charge in [0.05, 0.1) is 0 Å². The first-order valence-corrected chi connectivity index (χ1v) is 7.48. The van der Waals surface area contributed by atoms with Gasteiger partial charge in [-0.25, -0.2) is 0 Å². The molecule has 1 atom stereocenters. The third-order valence-electron chi connectivity index (χ3n) is 4.75. The van der Waals surface area contributed by atoms with Crippen LogP contribution in [0, 0.1) is 0 Å². The highest BCUT2D eigenvalue weighted by Gasteiger charge is 2.46. The van der Waals surface area contributed by atoms with Gasteiger partial charge >= 0.3 is 5.97 Å². The van der Waals surface area contributed by atoms with E-state index in [1.165, 1.54) is 11.1 Å². The largest absolute Gasteiger partial charge is 0.480 e. The Morgan fingerprint density at radius 1 is 1.20 bits per heavy atom. The normalized spacial score (nSPS) is 27.6. The lowest BCUT2D eigenvalue weighted by atomic mass is 9.76. The van der Waals surface area contributed by atoms with Gasteiger partial charge in [-0.3, -0.25) is 9.69 Å². The summed E-state index contributed by atoms with van der Waals surface area (Å²) in [4.78, 5) is 14.2. The quantitative estimate of drug-likeness (QED) is 0.853. The van der Waals surface area contributed by atoms with Gasteiger partial charge in [-0.2, -0.15) is 0 Å². The molecule has 2 N–H and O–H groups in total. The summed E-state index contributed by atoms with van der Waals surface area (Å²) in [6, 6.07) is 8.27. The monoisotopic (exact) mass is 274 g/mol. The minimum atomic E-state index is -0.708. The zero-order valence-electron chi connectivity index (χ0n) is 11.8. The Kier molecular flexibility index (Phi) is 3.76. The molecule has 1 saturated heterocycles. The van der Waals surface area contributed by atoms with Gasteiger partial charge in [-0.15, -0.1) is 0 Å². The first kappa shape index (κ1) is 13.6. The molecule has 0 saturated carbocycles. The van der Waals surface area contributed by atoms with E-state index in [2.05, 4.69) is 22.3 Å². The van der Waals surface area contributed by atoms with Crippen molar-refractivity contribution in [2.75, 3.05) is 26.2 Å². The number of hydrogen-bond donors (Lipinski definition) is 2. The van der Waals surface area contributed by atoms with Crippen LogP contribution in [0.1, 0.15) is 24.0 Å². The van der Waals surface area contributed by atoms with Gasteiger partial charge < -0.3 is 10.4 Å². The zero-order valence-corrected chi connectivity index (χ0v) is 11.8. The summed E-state index contributed by atoms with van der Waals surface area (Å²) in [6.45, 7) is 3.58. The topological polar surface area (TPSA) is 52.6 Å². The maximum Gasteiger partial charge on any atom is 0.324 e. The molecule has 1 aromatic rings. The highest BCUT2D eigenvalue weighted by molar-refractivity contribution is 5.80. The summed E-state index contributed by atoms with van der Waals surface area (Å²) in [5, 5.41) is 13.3. The summed E-state index contributed by atoms with van der Waals surface area (Å²) in [6.07, 6.45) is 3.25. The van der Waals surface area contributed by atoms with Crippen molar-refractivity contribution in [2.45, 2.75) is 31.2 Å². The number of rotatable bonds is 2. The second-order valence-electron chi connectivity index (χ2n) is 5.87. The molecule has 20 heavy (non-hydrogen) atoms. The maximum absolute atomic E-state index is 12.0. The third-order valence-corrected chi connectivity index (χ3v) is 4.75. The third kappa shape index (κ3) is 2.34. The molecule has 4 heteroatoms. The number of benzene rings is 1. The number of nitrogens with zero attached hydrogens (tertiary/aromatic N) is 1. The minimum absolute atomic E-state index is 0.637. The van der Waals surface area contributed by atoms with Crippen LogP contribution in [0.2, 0.25) is 0 Å². The maximum atomic E-state index is 12.0. The van der Waals surface area contributed by atoms with Crippen LogP contribution in [0.4, 0.5) is 0 Å². The van der Waals surface area contributed by atoms with E-state index in [-0.39, 0.29) is 0 Å². The summed E-state index contributed by atoms with van der Waals surface area (Å²) < 4.78 is 0. The fourth-order valence-electron chi connectivity index (χ4n) is 3.58. The van der Waals surface area contributed by atoms with Crippen LogP contribution in [0.15, 0.2) is 24.3 Å². The Morgan fingerprint density at radius 2 is 2.00 bits per heavy atom. The van der Waals surface area contributed by atoms with Gasteiger partial charge in [0.1, 0.15) is 5.54 Å². The van der Waals surface area contributed by atoms with E-state index >= 15 is 0 Å². The smallest absolute Gasteiger partial charge is 0.324 e. The number of nitrogens with one attached hydrogen (secondary N) is 1. The lowest BCUT2D eigenvalue weighted by Crippen LogP contribution is -2.58. The predicted octanol–water partition coefficient (Wildman–Crippen LogP) is 1.29. The number of carbonyl (C=O) groups is 1. The Labute approximate surface area is 119 Å². The van der Waals surface area contributed by atoms with E-state index in [9.17, 15) is 9.90 Å². The van der Waals surface area contributed by atoms with Crippen molar-refractivity contribution >= 4 is 5.97 Å². The van der Waals surface area contributed by atoms with Crippen molar-refractivity contribution in [3.8, 4) is 0 Å². The number of carboxylic acid groups (broad SMARTS) is 1. The highest BCUT2D eigenvalue weighted by atomic mass is 16.4. The molecule has 0 amide bonds. The molecule has 0 radical (unpaired) electrons. The molecule has 1 aromatic carbocycles. The SMILES string of the molecule is O=C(O)C1(N2CCCNCC2)CCc2ccccc2C1. The molecular formula is C16H22N2O2. The second-order valence-corrected chi connectivity index (χ2v) is 5.87. The molecule has 0 bridgehead atoms. The molecule has 1 aliphatic carbocycles. The highest BCUT2D eigenvalue weighted by Crippen LogP contribution is 2.34. The van der Waals surface area contributed by atoms with Crippen molar-refractivity contribution in [1.82, 2.24) is 10.2 Å². The summed E-state index contributed by atoms with van der Waals surface area (Å²) >= 11 is 0. The Bertz CT molecular complexity index is 495. The van der Waals surface area contributed by atoms with Crippen LogP contribution >= 0.6 is 0 Å². The molecule has 1 fully saturated rings. The number of aryl methyl sites for hydroxylation is 1. The zero-order chi connectivity index (χ0) is 14.0. The van der Waals surface area contributed by atoms with E-state index in [4.69, 9.17) is 0 Å². The lowest BCUT2D eigenvalue weighted by Gasteiger charge is -2.43. The lowest BCUT2D eigenvalue weighted by molar-refractivity contribution is -0.152. The average Bonchev–Trinajstić information content (AvgIpc) is 2.76. The van der Waals surface area contributed by atoms with Gasteiger partial charge in [0.15, 0.2) is 0 Å². The van der Waals surface area contributed by atoms with Crippen LogP contribution in [0.25, 0.3) is 0 Å². The standard InChI is InChI=1S/C16H22N2O2/c19-15(20)16(18-10-3-8-17-9-11-18)7-6-13-4-1-2-5-14(13)12-16/h1-2,4-5,17H,3,6-12H2,(H,19,20). The minimum Gasteiger partial charge on any atom is -0.480 e. The molecule has 1 heterocycles. The van der Waals surface area contributed by atoms with Gasteiger partial charge in [0, 0.05) is 26.1 Å². The van der Waals surface area contributed by atoms with Crippen LogP contribution in [0.5, 0.6) is 0 Å². The Morgan fingerprint density at radius 3 is 2.80 bits per heavy atom. The number of aliphatic carboxylic acids is 1. The molecule has 4 nitrogen and oxygen atoms in total. The molecule has 2 aliphatic rings. The van der Waals surface area contributed by atoms with Crippen LogP contribution in [0.3, 0.4) is 0 Å². The van der Waals surface area contributed by atoms with Crippen LogP contribution < -0.4 is 5.32 Å². The first-order chi connectivity index (χ1) is 9.72. The number of hydrogen-bond acceptors (Lipinski definition) is 3. The molecule has 3 rings (SSSR count). The Balaban J connectivity index is 1.91. The molecular weight excluding hydrogens is 252 g/mol. The van der Waals surface area contributed by atoms with E-state index in [0.29, 0.717) is 6.42 Å². The van der Waals surface area contributed by atoms with Crippen molar-refractivity contribution in [3.63, 3.8) is 0 Å². The fraction of sp³-hybridized carbons (Fsp3) is 0.562. The molecule has 0 aromatic heterocycles. The van der Waals surface area contributed by atoms with Gasteiger partial charge in [-0.05, 0) is 36.9 Å². The summed E-state index contributed by atoms with van der Waals surface area (Å²) in [5.74, 6) is -0.658. The van der Waals surface area contributed by atoms with Crippen molar-refractivity contribution < 1.29 is 9.90 Å². The van der Waals surface area contributed by atoms with Gasteiger partial charge in [-0.1, -0.05) is 24.3 Å². The van der Waals surface area contributed by atoms with Crippen molar-refractivity contribution in [3.05, 3.63) is 35.4 Å². The summed E-state index contributed by atoms with van der Waals surface area (Å²) in [7, 11) is 0. The predicted molar refractivity (Wildman–Crippen MR) is 77.9 cm³/mol.